The van der Waals surface area contributed by atoms with Crippen LogP contribution in [-0.2, 0) is 11.3 Å². The molecule has 1 N–H and O–H groups in total. The molecule has 6 nitrogen and oxygen atoms in total. The van der Waals surface area contributed by atoms with Crippen LogP contribution in [0.1, 0.15) is 59.2 Å². The van der Waals surface area contributed by atoms with Crippen molar-refractivity contribution < 1.29 is 14.4 Å². The Labute approximate surface area is 174 Å². The largest absolute Gasteiger partial charge is 0.343 e. The molecule has 2 atom stereocenters. The lowest BCUT2D eigenvalue weighted by Gasteiger charge is -2.36. The molecule has 1 saturated carbocycles. The summed E-state index contributed by atoms with van der Waals surface area (Å²) < 4.78 is 2.11. The number of rotatable bonds is 5. The van der Waals surface area contributed by atoms with Gasteiger partial charge in [-0.15, -0.1) is 11.3 Å². The lowest BCUT2D eigenvalue weighted by molar-refractivity contribution is -0.133. The average molecular weight is 414 g/mol. The van der Waals surface area contributed by atoms with Crippen LogP contribution in [0.25, 0.3) is 0 Å². The first-order chi connectivity index (χ1) is 13.8. The molecule has 0 unspecified atom stereocenters. The third kappa shape index (κ3) is 3.31. The Morgan fingerprint density at radius 2 is 2.10 bits per heavy atom. The summed E-state index contributed by atoms with van der Waals surface area (Å²) in [6, 6.07) is 5.51. The van der Waals surface area contributed by atoms with Gasteiger partial charge in [0.25, 0.3) is 5.91 Å². The van der Waals surface area contributed by atoms with Crippen LogP contribution in [0, 0.1) is 19.8 Å². The van der Waals surface area contributed by atoms with E-state index in [-0.39, 0.29) is 24.2 Å². The Kier molecular flexibility index (Phi) is 5.11. The summed E-state index contributed by atoms with van der Waals surface area (Å²) in [5, 5.41) is 4.95. The molecule has 4 rings (SSSR count). The van der Waals surface area contributed by atoms with Crippen LogP contribution in [-0.4, -0.2) is 39.3 Å². The summed E-state index contributed by atoms with van der Waals surface area (Å²) in [4.78, 5) is 41.1. The molecule has 1 aliphatic heterocycles. The van der Waals surface area contributed by atoms with Gasteiger partial charge in [0.15, 0.2) is 5.78 Å². The number of carbonyl (C=O) groups is 3. The highest BCUT2D eigenvalue weighted by atomic mass is 32.1. The summed E-state index contributed by atoms with van der Waals surface area (Å²) in [5.74, 6) is -0.348. The van der Waals surface area contributed by atoms with Crippen molar-refractivity contribution in [3.05, 3.63) is 45.4 Å². The molecule has 0 bridgehead atoms. The molecule has 3 amide bonds. The average Bonchev–Trinajstić information content (AvgIpc) is 3.36. The number of amides is 3. The van der Waals surface area contributed by atoms with E-state index in [9.17, 15) is 14.4 Å². The van der Waals surface area contributed by atoms with Gasteiger partial charge >= 0.3 is 6.03 Å². The van der Waals surface area contributed by atoms with Gasteiger partial charge in [0.05, 0.1) is 13.1 Å². The second-order valence-corrected chi connectivity index (χ2v) is 9.35. The molecule has 2 aliphatic rings. The number of hydrogen-bond acceptors (Lipinski definition) is 4. The molecule has 7 heteroatoms. The van der Waals surface area contributed by atoms with Gasteiger partial charge in [-0.2, -0.15) is 0 Å². The van der Waals surface area contributed by atoms with Crippen molar-refractivity contribution in [2.75, 3.05) is 6.54 Å². The van der Waals surface area contributed by atoms with Crippen LogP contribution in [0.15, 0.2) is 23.6 Å². The number of carbonyl (C=O) groups excluding carboxylic acids is 3. The van der Waals surface area contributed by atoms with Gasteiger partial charge in [0, 0.05) is 21.8 Å². The second-order valence-electron chi connectivity index (χ2n) is 8.31. The standard InChI is InChI=1S/C22H27N3O3S/c1-14-7-4-5-9-22(14)20(27)25(21(28)23-22)13-19(26)18-11-15(2)24(16(18)3)12-17-8-6-10-29-17/h6,8,10-11,14H,4-5,7,9,12-13H2,1-3H3,(H,23,28)/t14-,22+/m1/s1. The molecular formula is C22H27N3O3S. The molecule has 1 spiro atoms. The predicted octanol–water partition coefficient (Wildman–Crippen LogP) is 3.90. The van der Waals surface area contributed by atoms with Gasteiger partial charge in [0.1, 0.15) is 5.54 Å². The number of ketones is 1. The van der Waals surface area contributed by atoms with Gasteiger partial charge in [-0.25, -0.2) is 4.79 Å². The second kappa shape index (κ2) is 7.44. The first-order valence-corrected chi connectivity index (χ1v) is 11.1. The Bertz CT molecular complexity index is 962. The molecular weight excluding hydrogens is 386 g/mol. The SMILES string of the molecule is Cc1cc(C(=O)CN2C(=O)N[C@]3(CCCC[C@H]3C)C2=O)c(C)n1Cc1cccs1. The van der Waals surface area contributed by atoms with Crippen molar-refractivity contribution >= 4 is 29.1 Å². The zero-order valence-electron chi connectivity index (χ0n) is 17.2. The van der Waals surface area contributed by atoms with Crippen molar-refractivity contribution in [1.82, 2.24) is 14.8 Å². The van der Waals surface area contributed by atoms with Gasteiger partial charge in [-0.05, 0) is 50.1 Å². The van der Waals surface area contributed by atoms with Crippen molar-refractivity contribution in [2.45, 2.75) is 58.5 Å². The van der Waals surface area contributed by atoms with Crippen molar-refractivity contribution in [3.63, 3.8) is 0 Å². The zero-order valence-corrected chi connectivity index (χ0v) is 18.0. The Balaban J connectivity index is 1.54. The third-order valence-corrected chi connectivity index (χ3v) is 7.43. The number of thiophene rings is 1. The first kappa shape index (κ1) is 19.9. The van der Waals surface area contributed by atoms with Crippen LogP contribution < -0.4 is 5.32 Å². The van der Waals surface area contributed by atoms with Gasteiger partial charge < -0.3 is 9.88 Å². The predicted molar refractivity (Wildman–Crippen MR) is 112 cm³/mol. The number of aromatic nitrogens is 1. The Hall–Kier alpha value is -2.41. The zero-order chi connectivity index (χ0) is 20.8. The first-order valence-electron chi connectivity index (χ1n) is 10.2. The van der Waals surface area contributed by atoms with Crippen LogP contribution in [0.3, 0.4) is 0 Å². The molecule has 3 heterocycles. The van der Waals surface area contributed by atoms with E-state index in [2.05, 4.69) is 16.0 Å². The maximum atomic E-state index is 13.1. The number of aryl methyl sites for hydroxylation is 1. The highest BCUT2D eigenvalue weighted by Gasteiger charge is 2.55. The van der Waals surface area contributed by atoms with E-state index < -0.39 is 11.6 Å². The molecule has 2 aromatic heterocycles. The highest BCUT2D eigenvalue weighted by molar-refractivity contribution is 7.09. The van der Waals surface area contributed by atoms with E-state index in [1.165, 1.54) is 4.88 Å². The monoisotopic (exact) mass is 413 g/mol. The minimum Gasteiger partial charge on any atom is -0.343 e. The van der Waals surface area contributed by atoms with Gasteiger partial charge in [-0.1, -0.05) is 25.8 Å². The van der Waals surface area contributed by atoms with Crippen molar-refractivity contribution in [1.29, 1.82) is 0 Å². The maximum absolute atomic E-state index is 13.1. The number of hydrogen-bond donors (Lipinski definition) is 1. The fourth-order valence-electron chi connectivity index (χ4n) is 4.75. The maximum Gasteiger partial charge on any atom is 0.325 e. The minimum atomic E-state index is -0.828. The Morgan fingerprint density at radius 1 is 1.31 bits per heavy atom. The topological polar surface area (TPSA) is 71.4 Å². The molecule has 2 fully saturated rings. The summed E-state index contributed by atoms with van der Waals surface area (Å²) in [7, 11) is 0. The van der Waals surface area contributed by atoms with Crippen molar-refractivity contribution in [3.8, 4) is 0 Å². The summed E-state index contributed by atoms with van der Waals surface area (Å²) in [6.45, 7) is 6.42. The number of urea groups is 1. The molecule has 29 heavy (non-hydrogen) atoms. The fraction of sp³-hybridized carbons (Fsp3) is 0.500. The van der Waals surface area contributed by atoms with E-state index in [0.29, 0.717) is 18.5 Å². The summed E-state index contributed by atoms with van der Waals surface area (Å²) >= 11 is 1.68. The molecule has 1 aliphatic carbocycles. The van der Waals surface area contributed by atoms with Crippen LogP contribution in [0.4, 0.5) is 4.79 Å². The minimum absolute atomic E-state index is 0.0867. The van der Waals surface area contributed by atoms with Crippen LogP contribution in [0.2, 0.25) is 0 Å². The molecule has 0 aromatic carbocycles. The number of nitrogens with zero attached hydrogens (tertiary/aromatic N) is 2. The molecule has 154 valence electrons. The summed E-state index contributed by atoms with van der Waals surface area (Å²) in [5.41, 5.74) is 1.62. The van der Waals surface area contributed by atoms with Crippen molar-refractivity contribution in [2.24, 2.45) is 5.92 Å². The number of imide groups is 1. The van der Waals surface area contributed by atoms with E-state index in [1.54, 1.807) is 11.3 Å². The van der Waals surface area contributed by atoms with E-state index in [4.69, 9.17) is 0 Å². The molecule has 0 radical (unpaired) electrons. The quantitative estimate of drug-likeness (QED) is 0.597. The fourth-order valence-corrected chi connectivity index (χ4v) is 5.45. The van der Waals surface area contributed by atoms with Gasteiger partial charge in [0.2, 0.25) is 0 Å². The third-order valence-electron chi connectivity index (χ3n) is 6.57. The Morgan fingerprint density at radius 3 is 2.79 bits per heavy atom. The number of Topliss-reactive ketones (excluding diaryl/α,β-unsaturated/α-hetero) is 1. The summed E-state index contributed by atoms with van der Waals surface area (Å²) in [6.07, 6.45) is 3.56. The van der Waals surface area contributed by atoms with E-state index in [1.807, 2.05) is 38.3 Å². The van der Waals surface area contributed by atoms with Crippen LogP contribution in [0.5, 0.6) is 0 Å². The lowest BCUT2D eigenvalue weighted by atomic mass is 9.73. The molecule has 1 saturated heterocycles. The lowest BCUT2D eigenvalue weighted by Crippen LogP contribution is -2.54. The smallest absolute Gasteiger partial charge is 0.325 e. The molecule has 2 aromatic rings. The van der Waals surface area contributed by atoms with Gasteiger partial charge in [-0.3, -0.25) is 14.5 Å². The number of nitrogens with one attached hydrogen (secondary N) is 1. The normalized spacial score (nSPS) is 24.4. The van der Waals surface area contributed by atoms with E-state index >= 15 is 0 Å². The highest BCUT2D eigenvalue weighted by Crippen LogP contribution is 2.38. The van der Waals surface area contributed by atoms with Crippen LogP contribution >= 0.6 is 11.3 Å². The van der Waals surface area contributed by atoms with E-state index in [0.717, 1.165) is 35.6 Å².